The Balaban J connectivity index is 1.50. The maximum Gasteiger partial charge on any atom is 0.328 e. The Morgan fingerprint density at radius 2 is 1.76 bits per heavy atom. The van der Waals surface area contributed by atoms with E-state index in [1.54, 1.807) is 24.3 Å². The molecule has 2 amide bonds. The van der Waals surface area contributed by atoms with Crippen LogP contribution in [0.25, 0.3) is 16.8 Å². The summed E-state index contributed by atoms with van der Waals surface area (Å²) < 4.78 is 16.1. The van der Waals surface area contributed by atoms with Crippen LogP contribution in [0, 0.1) is 0 Å². The zero-order valence-corrected chi connectivity index (χ0v) is 19.8. The van der Waals surface area contributed by atoms with Crippen LogP contribution in [-0.4, -0.2) is 42.3 Å². The van der Waals surface area contributed by atoms with Gasteiger partial charge in [-0.3, -0.25) is 14.5 Å². The Labute approximate surface area is 201 Å². The fraction of sp³-hybridized carbons (Fsp3) is 0.192. The topological polar surface area (TPSA) is 82.1 Å². The molecule has 0 aromatic heterocycles. The quantitative estimate of drug-likeness (QED) is 0.349. The molecule has 8 heteroatoms. The van der Waals surface area contributed by atoms with Crippen LogP contribution in [0.4, 0.5) is 4.79 Å². The van der Waals surface area contributed by atoms with Crippen molar-refractivity contribution in [3.63, 3.8) is 0 Å². The van der Waals surface area contributed by atoms with E-state index in [2.05, 4.69) is 29.0 Å². The smallest absolute Gasteiger partial charge is 0.328 e. The van der Waals surface area contributed by atoms with Crippen molar-refractivity contribution in [3.8, 4) is 11.5 Å². The molecule has 0 saturated carbocycles. The first kappa shape index (κ1) is 23.4. The molecule has 0 spiro atoms. The molecule has 0 aliphatic carbocycles. The highest BCUT2D eigenvalue weighted by Gasteiger charge is 2.41. The number of fused-ring (bicyclic) bond motifs is 1. The Hall–Kier alpha value is -3.78. The third kappa shape index (κ3) is 4.77. The van der Waals surface area contributed by atoms with E-state index in [1.807, 2.05) is 18.2 Å². The fourth-order valence-corrected chi connectivity index (χ4v) is 4.53. The molecule has 0 N–H and O–H groups in total. The number of hydrogen-bond donors (Lipinski definition) is 0. The van der Waals surface area contributed by atoms with Crippen molar-refractivity contribution in [1.82, 2.24) is 4.90 Å². The number of carbonyl (C=O) groups is 3. The first-order valence-electron chi connectivity index (χ1n) is 10.5. The molecule has 1 fully saturated rings. The van der Waals surface area contributed by atoms with Crippen molar-refractivity contribution in [3.05, 3.63) is 76.7 Å². The molecule has 4 rings (SSSR count). The average Bonchev–Trinajstić information content (AvgIpc) is 3.14. The van der Waals surface area contributed by atoms with Gasteiger partial charge in [-0.15, -0.1) is 0 Å². The Morgan fingerprint density at radius 1 is 1.00 bits per heavy atom. The van der Waals surface area contributed by atoms with Crippen molar-refractivity contribution in [2.75, 3.05) is 14.2 Å². The maximum absolute atomic E-state index is 12.7. The zero-order chi connectivity index (χ0) is 24.2. The van der Waals surface area contributed by atoms with Crippen LogP contribution in [0.15, 0.2) is 65.6 Å². The third-order valence-corrected chi connectivity index (χ3v) is 6.33. The SMILES string of the molecule is COC(=O)[C@H](C)N1C(=O)S/C(=C/c2ccc(OCc3ccc4ccccc4c3)c(OC)c2)C1=O. The predicted octanol–water partition coefficient (Wildman–Crippen LogP) is 5.03. The molecule has 0 unspecified atom stereocenters. The molecular formula is C26H23NO6S. The Bertz CT molecular complexity index is 1300. The largest absolute Gasteiger partial charge is 0.493 e. The van der Waals surface area contributed by atoms with Gasteiger partial charge in [-0.1, -0.05) is 42.5 Å². The summed E-state index contributed by atoms with van der Waals surface area (Å²) in [5.74, 6) is -0.140. The average molecular weight is 478 g/mol. The van der Waals surface area contributed by atoms with Gasteiger partial charge in [0.25, 0.3) is 11.1 Å². The summed E-state index contributed by atoms with van der Waals surface area (Å²) in [6.45, 7) is 1.82. The number of carbonyl (C=O) groups excluding carboxylic acids is 3. The molecule has 1 aliphatic rings. The lowest BCUT2D eigenvalue weighted by Gasteiger charge is -2.18. The minimum absolute atomic E-state index is 0.215. The van der Waals surface area contributed by atoms with E-state index < -0.39 is 23.2 Å². The molecule has 1 heterocycles. The van der Waals surface area contributed by atoms with Crippen LogP contribution in [0.1, 0.15) is 18.1 Å². The van der Waals surface area contributed by atoms with Gasteiger partial charge in [0.2, 0.25) is 0 Å². The number of thioether (sulfide) groups is 1. The van der Waals surface area contributed by atoms with E-state index in [0.29, 0.717) is 23.7 Å². The van der Waals surface area contributed by atoms with Crippen molar-refractivity contribution >= 4 is 45.7 Å². The van der Waals surface area contributed by atoms with E-state index in [1.165, 1.54) is 26.5 Å². The summed E-state index contributed by atoms with van der Waals surface area (Å²) in [6.07, 6.45) is 1.59. The minimum atomic E-state index is -0.996. The van der Waals surface area contributed by atoms with Gasteiger partial charge in [0.05, 0.1) is 19.1 Å². The van der Waals surface area contributed by atoms with Gasteiger partial charge in [0.1, 0.15) is 12.6 Å². The number of rotatable bonds is 7. The second kappa shape index (κ2) is 10.0. The second-order valence-electron chi connectivity index (χ2n) is 7.63. The van der Waals surface area contributed by atoms with Crippen molar-refractivity contribution in [2.24, 2.45) is 0 Å². The third-order valence-electron chi connectivity index (χ3n) is 5.45. The fourth-order valence-electron chi connectivity index (χ4n) is 3.62. The van der Waals surface area contributed by atoms with Crippen LogP contribution in [0.2, 0.25) is 0 Å². The standard InChI is InChI=1S/C26H23NO6S/c1-16(25(29)32-3)27-24(28)23(34-26(27)30)14-17-9-11-21(22(13-17)31-2)33-15-18-8-10-19-6-4-5-7-20(19)12-18/h4-14,16H,15H2,1-3H3/b23-14+/t16-/m0/s1. The zero-order valence-electron chi connectivity index (χ0n) is 18.9. The lowest BCUT2D eigenvalue weighted by atomic mass is 10.1. The van der Waals surface area contributed by atoms with Gasteiger partial charge in [0.15, 0.2) is 11.5 Å². The number of ether oxygens (including phenoxy) is 3. The molecule has 1 aliphatic heterocycles. The predicted molar refractivity (Wildman–Crippen MR) is 131 cm³/mol. The molecule has 3 aromatic carbocycles. The Morgan fingerprint density at radius 3 is 2.50 bits per heavy atom. The minimum Gasteiger partial charge on any atom is -0.493 e. The normalized spacial score (nSPS) is 15.6. The van der Waals surface area contributed by atoms with Gasteiger partial charge < -0.3 is 14.2 Å². The summed E-state index contributed by atoms with van der Waals surface area (Å²) in [6, 6.07) is 18.6. The molecule has 1 saturated heterocycles. The van der Waals surface area contributed by atoms with Gasteiger partial charge in [-0.2, -0.15) is 0 Å². The van der Waals surface area contributed by atoms with Crippen LogP contribution >= 0.6 is 11.8 Å². The second-order valence-corrected chi connectivity index (χ2v) is 8.62. The van der Waals surface area contributed by atoms with E-state index >= 15 is 0 Å². The first-order chi connectivity index (χ1) is 16.4. The molecule has 1 atom stereocenters. The van der Waals surface area contributed by atoms with E-state index in [0.717, 1.165) is 27.6 Å². The summed E-state index contributed by atoms with van der Waals surface area (Å²) in [4.78, 5) is 37.9. The van der Waals surface area contributed by atoms with Gasteiger partial charge in [-0.05, 0) is 64.9 Å². The molecular weight excluding hydrogens is 454 g/mol. The van der Waals surface area contributed by atoms with Gasteiger partial charge in [0, 0.05) is 0 Å². The van der Waals surface area contributed by atoms with E-state index in [9.17, 15) is 14.4 Å². The lowest BCUT2D eigenvalue weighted by molar-refractivity contribution is -0.148. The number of amides is 2. The molecule has 7 nitrogen and oxygen atoms in total. The van der Waals surface area contributed by atoms with Crippen LogP contribution in [0.3, 0.4) is 0 Å². The summed E-state index contributed by atoms with van der Waals surface area (Å²) >= 11 is 0.778. The summed E-state index contributed by atoms with van der Waals surface area (Å²) in [5, 5.41) is 1.79. The van der Waals surface area contributed by atoms with Crippen molar-refractivity contribution in [2.45, 2.75) is 19.6 Å². The van der Waals surface area contributed by atoms with Crippen LogP contribution < -0.4 is 9.47 Å². The summed E-state index contributed by atoms with van der Waals surface area (Å²) in [5.41, 5.74) is 1.68. The van der Waals surface area contributed by atoms with Crippen molar-refractivity contribution in [1.29, 1.82) is 0 Å². The highest BCUT2D eigenvalue weighted by molar-refractivity contribution is 8.18. The lowest BCUT2D eigenvalue weighted by Crippen LogP contribution is -2.42. The first-order valence-corrected chi connectivity index (χ1v) is 11.4. The van der Waals surface area contributed by atoms with Crippen molar-refractivity contribution < 1.29 is 28.6 Å². The molecule has 174 valence electrons. The highest BCUT2D eigenvalue weighted by Crippen LogP contribution is 2.36. The number of imide groups is 1. The molecule has 3 aromatic rings. The number of benzene rings is 3. The monoisotopic (exact) mass is 477 g/mol. The number of methoxy groups -OCH3 is 2. The molecule has 0 bridgehead atoms. The van der Waals surface area contributed by atoms with Crippen LogP contribution in [-0.2, 0) is 20.9 Å². The molecule has 0 radical (unpaired) electrons. The maximum atomic E-state index is 12.7. The van der Waals surface area contributed by atoms with E-state index in [-0.39, 0.29) is 4.91 Å². The summed E-state index contributed by atoms with van der Waals surface area (Å²) in [7, 11) is 2.75. The van der Waals surface area contributed by atoms with Crippen LogP contribution in [0.5, 0.6) is 11.5 Å². The molecule has 34 heavy (non-hydrogen) atoms. The number of hydrogen-bond acceptors (Lipinski definition) is 7. The Kier molecular flexibility index (Phi) is 6.88. The van der Waals surface area contributed by atoms with Gasteiger partial charge in [-0.25, -0.2) is 4.79 Å². The van der Waals surface area contributed by atoms with Gasteiger partial charge >= 0.3 is 5.97 Å². The number of nitrogens with zero attached hydrogens (tertiary/aromatic N) is 1. The van der Waals surface area contributed by atoms with E-state index in [4.69, 9.17) is 9.47 Å². The number of esters is 1. The highest BCUT2D eigenvalue weighted by atomic mass is 32.2.